The van der Waals surface area contributed by atoms with Crippen molar-refractivity contribution in [2.75, 3.05) is 27.4 Å². The van der Waals surface area contributed by atoms with Crippen LogP contribution in [0.4, 0.5) is 0 Å². The molecule has 4 N–H and O–H groups in total. The van der Waals surface area contributed by atoms with Gasteiger partial charge in [-0.25, -0.2) is 0 Å². The van der Waals surface area contributed by atoms with Gasteiger partial charge in [0, 0.05) is 12.1 Å². The minimum atomic E-state index is -1.21. The van der Waals surface area contributed by atoms with Crippen LogP contribution >= 0.6 is 0 Å². The standard InChI is InChI=1S/C20H24O7/c1-25-16-6-13(4-3-5-21)7-18(11-16)27-19(12-22)20(24)14-8-15(23)10-17(9-14)26-2/h3-4,6-11,19-24H,5,12H2,1-2H3/t19-,20-/m0/s1. The van der Waals surface area contributed by atoms with Crippen LogP contribution in [0.1, 0.15) is 17.2 Å². The first-order valence-corrected chi connectivity index (χ1v) is 8.30. The lowest BCUT2D eigenvalue weighted by Gasteiger charge is -2.23. The molecule has 0 saturated heterocycles. The maximum absolute atomic E-state index is 10.6. The van der Waals surface area contributed by atoms with E-state index in [1.807, 2.05) is 0 Å². The molecule has 2 aromatic rings. The molecule has 0 saturated carbocycles. The van der Waals surface area contributed by atoms with Gasteiger partial charge in [-0.1, -0.05) is 12.2 Å². The Morgan fingerprint density at radius 1 is 0.926 bits per heavy atom. The first-order valence-electron chi connectivity index (χ1n) is 8.30. The van der Waals surface area contributed by atoms with Gasteiger partial charge in [0.15, 0.2) is 6.10 Å². The lowest BCUT2D eigenvalue weighted by molar-refractivity contribution is 0.000494. The molecule has 7 nitrogen and oxygen atoms in total. The van der Waals surface area contributed by atoms with Gasteiger partial charge in [0.25, 0.3) is 0 Å². The van der Waals surface area contributed by atoms with Gasteiger partial charge in [0.05, 0.1) is 27.4 Å². The van der Waals surface area contributed by atoms with E-state index in [4.69, 9.17) is 19.3 Å². The molecule has 2 atom stereocenters. The summed E-state index contributed by atoms with van der Waals surface area (Å²) < 4.78 is 16.1. The smallest absolute Gasteiger partial charge is 0.152 e. The Labute approximate surface area is 157 Å². The molecule has 0 bridgehead atoms. The van der Waals surface area contributed by atoms with Crippen molar-refractivity contribution >= 4 is 6.08 Å². The highest BCUT2D eigenvalue weighted by atomic mass is 16.5. The Morgan fingerprint density at radius 2 is 1.59 bits per heavy atom. The van der Waals surface area contributed by atoms with Crippen molar-refractivity contribution < 1.29 is 34.6 Å². The summed E-state index contributed by atoms with van der Waals surface area (Å²) >= 11 is 0. The summed E-state index contributed by atoms with van der Waals surface area (Å²) in [6.45, 7) is -0.567. The molecule has 0 radical (unpaired) electrons. The summed E-state index contributed by atoms with van der Waals surface area (Å²) in [5.41, 5.74) is 1.07. The molecule has 2 aromatic carbocycles. The van der Waals surface area contributed by atoms with Gasteiger partial charge < -0.3 is 34.6 Å². The van der Waals surface area contributed by atoms with Gasteiger partial charge in [-0.3, -0.25) is 0 Å². The van der Waals surface area contributed by atoms with E-state index in [-0.39, 0.29) is 12.4 Å². The number of methoxy groups -OCH3 is 2. The van der Waals surface area contributed by atoms with Crippen LogP contribution in [0.2, 0.25) is 0 Å². The molecule has 2 rings (SSSR count). The Bertz CT molecular complexity index is 773. The van der Waals surface area contributed by atoms with Gasteiger partial charge in [0.1, 0.15) is 29.1 Å². The number of ether oxygens (including phenoxy) is 3. The van der Waals surface area contributed by atoms with Gasteiger partial charge in [-0.05, 0) is 35.4 Å². The van der Waals surface area contributed by atoms with Crippen molar-refractivity contribution in [3.05, 3.63) is 53.6 Å². The SMILES string of the molecule is COc1cc(C=CCO)cc(O[C@@H](CO)[C@@H](O)c2cc(O)cc(OC)c2)c1. The number of phenols is 1. The molecule has 0 aliphatic carbocycles. The molecule has 7 heteroatoms. The van der Waals surface area contributed by atoms with E-state index in [0.717, 1.165) is 5.56 Å². The predicted octanol–water partition coefficient (Wildman–Crippen LogP) is 1.89. The lowest BCUT2D eigenvalue weighted by Crippen LogP contribution is -2.29. The molecule has 146 valence electrons. The molecular formula is C20H24O7. The average molecular weight is 376 g/mol. The quantitative estimate of drug-likeness (QED) is 0.529. The van der Waals surface area contributed by atoms with Crippen molar-refractivity contribution in [1.29, 1.82) is 0 Å². The van der Waals surface area contributed by atoms with Crippen molar-refractivity contribution in [2.24, 2.45) is 0 Å². The number of hydrogen-bond acceptors (Lipinski definition) is 7. The number of rotatable bonds is 9. The van der Waals surface area contributed by atoms with E-state index in [2.05, 4.69) is 0 Å². The second-order valence-electron chi connectivity index (χ2n) is 5.77. The van der Waals surface area contributed by atoms with Crippen LogP contribution in [-0.4, -0.2) is 54.0 Å². The van der Waals surface area contributed by atoms with Crippen LogP contribution in [-0.2, 0) is 0 Å². The number of aliphatic hydroxyl groups excluding tert-OH is 3. The summed E-state index contributed by atoms with van der Waals surface area (Å²) in [5, 5.41) is 39.0. The van der Waals surface area contributed by atoms with E-state index < -0.39 is 18.8 Å². The average Bonchev–Trinajstić information content (AvgIpc) is 2.69. The minimum Gasteiger partial charge on any atom is -0.508 e. The summed E-state index contributed by atoms with van der Waals surface area (Å²) in [4.78, 5) is 0. The Hall–Kier alpha value is -2.74. The molecular weight excluding hydrogens is 352 g/mol. The van der Waals surface area contributed by atoms with E-state index >= 15 is 0 Å². The highest BCUT2D eigenvalue weighted by Gasteiger charge is 2.24. The van der Waals surface area contributed by atoms with Crippen molar-refractivity contribution in [3.8, 4) is 23.0 Å². The molecule has 0 aliphatic rings. The van der Waals surface area contributed by atoms with Crippen LogP contribution in [0.3, 0.4) is 0 Å². The highest BCUT2D eigenvalue weighted by molar-refractivity contribution is 5.55. The van der Waals surface area contributed by atoms with Gasteiger partial charge in [0.2, 0.25) is 0 Å². The van der Waals surface area contributed by atoms with Crippen LogP contribution in [0, 0.1) is 0 Å². The Kier molecular flexibility index (Phi) is 7.48. The van der Waals surface area contributed by atoms with Crippen LogP contribution in [0.25, 0.3) is 6.08 Å². The number of phenolic OH excluding ortho intramolecular Hbond substituents is 1. The molecule has 0 spiro atoms. The molecule has 0 aliphatic heterocycles. The van der Waals surface area contributed by atoms with Gasteiger partial charge in [-0.15, -0.1) is 0 Å². The number of aliphatic hydroxyl groups is 3. The van der Waals surface area contributed by atoms with Crippen LogP contribution < -0.4 is 14.2 Å². The van der Waals surface area contributed by atoms with Gasteiger partial charge in [-0.2, -0.15) is 0 Å². The second kappa shape index (κ2) is 9.82. The highest BCUT2D eigenvalue weighted by Crippen LogP contribution is 2.30. The van der Waals surface area contributed by atoms with Crippen molar-refractivity contribution in [3.63, 3.8) is 0 Å². The monoisotopic (exact) mass is 376 g/mol. The summed E-state index contributed by atoms with van der Waals surface area (Å²) in [7, 11) is 2.96. The first-order chi connectivity index (χ1) is 13.0. The first kappa shape index (κ1) is 20.6. The fourth-order valence-corrected chi connectivity index (χ4v) is 2.55. The van der Waals surface area contributed by atoms with Crippen molar-refractivity contribution in [1.82, 2.24) is 0 Å². The largest absolute Gasteiger partial charge is 0.508 e. The number of aromatic hydroxyl groups is 1. The minimum absolute atomic E-state index is 0.0714. The molecule has 0 heterocycles. The molecule has 27 heavy (non-hydrogen) atoms. The number of benzene rings is 2. The fraction of sp³-hybridized carbons (Fsp3) is 0.300. The van der Waals surface area contributed by atoms with E-state index in [1.165, 1.54) is 26.4 Å². The summed E-state index contributed by atoms with van der Waals surface area (Å²) in [6.07, 6.45) is 1.06. The van der Waals surface area contributed by atoms with Gasteiger partial charge >= 0.3 is 0 Å². The second-order valence-corrected chi connectivity index (χ2v) is 5.77. The molecule has 0 unspecified atom stereocenters. The molecule has 0 fully saturated rings. The zero-order valence-electron chi connectivity index (χ0n) is 15.2. The Morgan fingerprint density at radius 3 is 2.22 bits per heavy atom. The van der Waals surface area contributed by atoms with E-state index in [0.29, 0.717) is 22.8 Å². The lowest BCUT2D eigenvalue weighted by atomic mass is 10.0. The van der Waals surface area contributed by atoms with E-state index in [9.17, 15) is 15.3 Å². The fourth-order valence-electron chi connectivity index (χ4n) is 2.55. The topological polar surface area (TPSA) is 109 Å². The third kappa shape index (κ3) is 5.62. The molecule has 0 amide bonds. The predicted molar refractivity (Wildman–Crippen MR) is 100 cm³/mol. The summed E-state index contributed by atoms with van der Waals surface area (Å²) in [6, 6.07) is 9.40. The third-order valence-electron chi connectivity index (χ3n) is 3.86. The van der Waals surface area contributed by atoms with E-state index in [1.54, 1.807) is 36.4 Å². The zero-order chi connectivity index (χ0) is 19.8. The van der Waals surface area contributed by atoms with Crippen molar-refractivity contribution in [2.45, 2.75) is 12.2 Å². The Balaban J connectivity index is 2.28. The number of hydrogen-bond donors (Lipinski definition) is 4. The maximum Gasteiger partial charge on any atom is 0.152 e. The third-order valence-corrected chi connectivity index (χ3v) is 3.86. The normalized spacial score (nSPS) is 13.4. The van der Waals surface area contributed by atoms with Crippen LogP contribution in [0.5, 0.6) is 23.0 Å². The van der Waals surface area contributed by atoms with Crippen LogP contribution in [0.15, 0.2) is 42.5 Å². The zero-order valence-corrected chi connectivity index (χ0v) is 15.2. The maximum atomic E-state index is 10.6. The summed E-state index contributed by atoms with van der Waals surface area (Å²) in [5.74, 6) is 1.20. The molecule has 0 aromatic heterocycles.